The third kappa shape index (κ3) is 7.70. The molecule has 0 saturated heterocycles. The van der Waals surface area contributed by atoms with Crippen LogP contribution in [0.25, 0.3) is 0 Å². The Morgan fingerprint density at radius 3 is 1.50 bits per heavy atom. The number of benzene rings is 1. The maximum atomic E-state index is 3.36. The summed E-state index contributed by atoms with van der Waals surface area (Å²) in [5.41, 5.74) is 8.65. The van der Waals surface area contributed by atoms with Crippen molar-refractivity contribution in [2.45, 2.75) is 39.3 Å². The second-order valence-electron chi connectivity index (χ2n) is 6.83. The summed E-state index contributed by atoms with van der Waals surface area (Å²) in [5.74, 6) is 12.2. The first-order chi connectivity index (χ1) is 9.16. The van der Waals surface area contributed by atoms with Gasteiger partial charge < -0.3 is 0 Å². The average molecular weight is 295 g/mol. The predicted molar refractivity (Wildman–Crippen MR) is 94.7 cm³/mol. The maximum Gasteiger partial charge on any atom is 0.130 e. The molecule has 102 valence electrons. The zero-order valence-electron chi connectivity index (χ0n) is 13.3. The molecule has 0 spiro atoms. The van der Waals surface area contributed by atoms with Gasteiger partial charge in [0.25, 0.3) is 0 Å². The van der Waals surface area contributed by atoms with Crippen LogP contribution < -0.4 is 0 Å². The first-order valence-electron chi connectivity index (χ1n) is 6.82. The second-order valence-corrected chi connectivity index (χ2v) is 16.3. The van der Waals surface area contributed by atoms with Crippen molar-refractivity contribution in [3.63, 3.8) is 0 Å². The lowest BCUT2D eigenvalue weighted by Gasteiger charge is -2.03. The van der Waals surface area contributed by atoms with Crippen molar-refractivity contribution in [2.75, 3.05) is 0 Å². The molecule has 2 heteroatoms. The highest BCUT2D eigenvalue weighted by atomic mass is 28.3. The Morgan fingerprint density at radius 1 is 0.600 bits per heavy atom. The van der Waals surface area contributed by atoms with Gasteiger partial charge in [-0.2, -0.15) is 0 Å². The van der Waals surface area contributed by atoms with Crippen LogP contribution in [-0.2, 0) is 0 Å². The highest BCUT2D eigenvalue weighted by Crippen LogP contribution is 2.03. The van der Waals surface area contributed by atoms with E-state index in [1.165, 1.54) is 0 Å². The van der Waals surface area contributed by atoms with Crippen molar-refractivity contribution in [3.8, 4) is 34.8 Å². The van der Waals surface area contributed by atoms with Gasteiger partial charge in [0.15, 0.2) is 0 Å². The fourth-order valence-electron chi connectivity index (χ4n) is 1.22. The van der Waals surface area contributed by atoms with E-state index in [4.69, 9.17) is 0 Å². The molecule has 0 bridgehead atoms. The summed E-state index contributed by atoms with van der Waals surface area (Å²) in [6.07, 6.45) is 0. The Hall–Kier alpha value is -1.67. The van der Waals surface area contributed by atoms with Gasteiger partial charge in [0.05, 0.1) is 0 Å². The molecule has 1 aromatic rings. The number of hydrogen-bond donors (Lipinski definition) is 0. The van der Waals surface area contributed by atoms with Crippen LogP contribution in [0.1, 0.15) is 11.1 Å². The molecule has 0 aliphatic rings. The van der Waals surface area contributed by atoms with E-state index in [1.807, 2.05) is 24.3 Å². The maximum absolute atomic E-state index is 3.36. The number of hydrogen-bond acceptors (Lipinski definition) is 0. The van der Waals surface area contributed by atoms with E-state index < -0.39 is 16.1 Å². The van der Waals surface area contributed by atoms with Crippen LogP contribution in [0.2, 0.25) is 39.3 Å². The smallest absolute Gasteiger partial charge is 0.127 e. The van der Waals surface area contributed by atoms with Crippen molar-refractivity contribution in [2.24, 2.45) is 0 Å². The van der Waals surface area contributed by atoms with Crippen LogP contribution in [0.3, 0.4) is 0 Å². The van der Waals surface area contributed by atoms with Gasteiger partial charge in [0.2, 0.25) is 0 Å². The molecule has 0 amide bonds. The summed E-state index contributed by atoms with van der Waals surface area (Å²) in [7, 11) is -2.61. The lowest BCUT2D eigenvalue weighted by Crippen LogP contribution is -2.16. The van der Waals surface area contributed by atoms with E-state index >= 15 is 0 Å². The van der Waals surface area contributed by atoms with Gasteiger partial charge in [-0.3, -0.25) is 0 Å². The minimum absolute atomic E-state index is 0.994. The first-order valence-corrected chi connectivity index (χ1v) is 13.8. The minimum atomic E-state index is -1.31. The fraction of sp³-hybridized carbons (Fsp3) is 0.333. The van der Waals surface area contributed by atoms with Crippen molar-refractivity contribution in [1.82, 2.24) is 0 Å². The average Bonchev–Trinajstić information content (AvgIpc) is 2.31. The highest BCUT2D eigenvalue weighted by Gasteiger charge is 2.07. The summed E-state index contributed by atoms with van der Waals surface area (Å²) >= 11 is 0. The van der Waals surface area contributed by atoms with Crippen LogP contribution in [0.15, 0.2) is 24.3 Å². The van der Waals surface area contributed by atoms with Gasteiger partial charge in [-0.15, -0.1) is 11.1 Å². The largest absolute Gasteiger partial charge is 0.130 e. The lowest BCUT2D eigenvalue weighted by atomic mass is 10.1. The van der Waals surface area contributed by atoms with E-state index in [9.17, 15) is 0 Å². The molecule has 0 radical (unpaired) electrons. The Balaban J connectivity index is 2.80. The van der Waals surface area contributed by atoms with Gasteiger partial charge in [0.1, 0.15) is 16.1 Å². The highest BCUT2D eigenvalue weighted by molar-refractivity contribution is 6.84. The lowest BCUT2D eigenvalue weighted by molar-refractivity contribution is 1.60. The van der Waals surface area contributed by atoms with Crippen LogP contribution in [0.5, 0.6) is 0 Å². The molecular formula is C18H22Si2. The van der Waals surface area contributed by atoms with E-state index in [-0.39, 0.29) is 0 Å². The summed E-state index contributed by atoms with van der Waals surface area (Å²) < 4.78 is 0. The van der Waals surface area contributed by atoms with Gasteiger partial charge >= 0.3 is 0 Å². The summed E-state index contributed by atoms with van der Waals surface area (Å²) in [5, 5.41) is 0. The molecule has 0 fully saturated rings. The van der Waals surface area contributed by atoms with Crippen molar-refractivity contribution >= 4 is 16.1 Å². The molecular weight excluding hydrogens is 272 g/mol. The fourth-order valence-corrected chi connectivity index (χ4v) is 2.18. The van der Waals surface area contributed by atoms with Gasteiger partial charge in [0, 0.05) is 11.1 Å². The van der Waals surface area contributed by atoms with Crippen LogP contribution in [0, 0.1) is 34.8 Å². The molecule has 0 unspecified atom stereocenters. The summed E-state index contributed by atoms with van der Waals surface area (Å²) in [6, 6.07) is 8.08. The predicted octanol–water partition coefficient (Wildman–Crippen LogP) is 4.15. The van der Waals surface area contributed by atoms with E-state index in [0.717, 1.165) is 11.1 Å². The Bertz CT molecular complexity index is 634. The van der Waals surface area contributed by atoms with E-state index in [2.05, 4.69) is 74.1 Å². The van der Waals surface area contributed by atoms with E-state index in [0.29, 0.717) is 0 Å². The van der Waals surface area contributed by atoms with Gasteiger partial charge in [-0.05, 0) is 36.1 Å². The molecule has 0 N–H and O–H groups in total. The Morgan fingerprint density at radius 2 is 1.05 bits per heavy atom. The quantitative estimate of drug-likeness (QED) is 0.498. The molecule has 0 aromatic heterocycles. The van der Waals surface area contributed by atoms with Gasteiger partial charge in [-0.1, -0.05) is 51.1 Å². The molecule has 0 nitrogen and oxygen atoms in total. The van der Waals surface area contributed by atoms with E-state index in [1.54, 1.807) is 0 Å². The van der Waals surface area contributed by atoms with Crippen LogP contribution in [0.4, 0.5) is 0 Å². The van der Waals surface area contributed by atoms with Crippen molar-refractivity contribution in [3.05, 3.63) is 35.4 Å². The SMILES string of the molecule is C[Si](C)(C)C#CC#Cc1ccc(C#C[Si](C)(C)C)cc1. The van der Waals surface area contributed by atoms with Crippen LogP contribution in [-0.4, -0.2) is 16.1 Å². The topological polar surface area (TPSA) is 0 Å². The zero-order valence-corrected chi connectivity index (χ0v) is 15.3. The summed E-state index contributed by atoms with van der Waals surface area (Å²) in [6.45, 7) is 13.4. The monoisotopic (exact) mass is 294 g/mol. The minimum Gasteiger partial charge on any atom is -0.127 e. The summed E-state index contributed by atoms with van der Waals surface area (Å²) in [4.78, 5) is 0. The molecule has 0 saturated carbocycles. The Labute approximate surface area is 126 Å². The third-order valence-electron chi connectivity index (χ3n) is 2.17. The molecule has 0 aliphatic heterocycles. The van der Waals surface area contributed by atoms with Crippen molar-refractivity contribution < 1.29 is 0 Å². The second kappa shape index (κ2) is 6.67. The normalized spacial score (nSPS) is 10.3. The van der Waals surface area contributed by atoms with Crippen molar-refractivity contribution in [1.29, 1.82) is 0 Å². The Kier molecular flexibility index (Phi) is 5.46. The zero-order chi connectivity index (χ0) is 15.2. The molecule has 0 atom stereocenters. The molecule has 0 heterocycles. The molecule has 1 rings (SSSR count). The molecule has 0 aliphatic carbocycles. The first kappa shape index (κ1) is 16.4. The third-order valence-corrected chi connectivity index (χ3v) is 3.92. The standard InChI is InChI=1S/C18H22Si2/c1-19(2,3)15-8-7-9-17-10-12-18(13-11-17)14-16-20(4,5)6/h10-13H,1-6H3. The number of rotatable bonds is 0. The molecule has 20 heavy (non-hydrogen) atoms. The van der Waals surface area contributed by atoms with Crippen LogP contribution >= 0.6 is 0 Å². The molecule has 1 aromatic carbocycles. The van der Waals surface area contributed by atoms with Gasteiger partial charge in [-0.25, -0.2) is 0 Å².